The Hall–Kier alpha value is -1.02. The lowest BCUT2D eigenvalue weighted by atomic mass is 10.2. The van der Waals surface area contributed by atoms with Crippen LogP contribution in [0.5, 0.6) is 0 Å². The summed E-state index contributed by atoms with van der Waals surface area (Å²) in [5.41, 5.74) is 1.32. The minimum atomic E-state index is 0. The van der Waals surface area contributed by atoms with Crippen molar-refractivity contribution in [2.75, 3.05) is 63.8 Å². The van der Waals surface area contributed by atoms with E-state index in [0.717, 1.165) is 64.7 Å². The van der Waals surface area contributed by atoms with Crippen molar-refractivity contribution in [3.63, 3.8) is 0 Å². The predicted octanol–water partition coefficient (Wildman–Crippen LogP) is 3.51. The fourth-order valence-corrected chi connectivity index (χ4v) is 3.41. The van der Waals surface area contributed by atoms with Gasteiger partial charge in [0.25, 0.3) is 0 Å². The van der Waals surface area contributed by atoms with Crippen molar-refractivity contribution in [1.29, 1.82) is 0 Å². The predicted molar refractivity (Wildman–Crippen MR) is 129 cm³/mol. The van der Waals surface area contributed by atoms with Crippen molar-refractivity contribution in [1.82, 2.24) is 15.1 Å². The Balaban J connectivity index is 0.00000364. The summed E-state index contributed by atoms with van der Waals surface area (Å²) in [5, 5.41) is 3.48. The van der Waals surface area contributed by atoms with Gasteiger partial charge in [0.1, 0.15) is 0 Å². The van der Waals surface area contributed by atoms with Gasteiger partial charge in [-0.1, -0.05) is 32.0 Å². The minimum Gasteiger partial charge on any atom is -0.368 e. The molecule has 1 saturated heterocycles. The summed E-state index contributed by atoms with van der Waals surface area (Å²) in [6, 6.07) is 10.7. The van der Waals surface area contributed by atoms with E-state index in [9.17, 15) is 0 Å². The van der Waals surface area contributed by atoms with Gasteiger partial charge in [0, 0.05) is 45.0 Å². The molecule has 154 valence electrons. The second kappa shape index (κ2) is 14.0. The molecule has 0 amide bonds. The van der Waals surface area contributed by atoms with Crippen LogP contribution >= 0.6 is 24.0 Å². The Morgan fingerprint density at radius 3 is 2.26 bits per heavy atom. The van der Waals surface area contributed by atoms with Crippen LogP contribution in [-0.2, 0) is 0 Å². The molecule has 0 aliphatic carbocycles. The maximum Gasteiger partial charge on any atom is 0.194 e. The zero-order chi connectivity index (χ0) is 18.6. The van der Waals surface area contributed by atoms with Crippen molar-refractivity contribution in [2.45, 2.75) is 33.6 Å². The van der Waals surface area contributed by atoms with Crippen LogP contribution < -0.4 is 10.2 Å². The third-order valence-electron chi connectivity index (χ3n) is 5.07. The first-order chi connectivity index (χ1) is 12.8. The standard InChI is InChI=1S/C21H37N5.HI/c1-4-22-21(23-14-10-11-15-24(5-2)6-3)26-18-16-25(17-19-26)20-12-8-7-9-13-20;/h7-9,12-13H,4-6,10-11,14-19H2,1-3H3,(H,22,23);1H. The minimum absolute atomic E-state index is 0. The van der Waals surface area contributed by atoms with Crippen molar-refractivity contribution >= 4 is 35.6 Å². The number of anilines is 1. The average molecular weight is 487 g/mol. The number of hydrogen-bond acceptors (Lipinski definition) is 3. The third-order valence-corrected chi connectivity index (χ3v) is 5.07. The third kappa shape index (κ3) is 8.25. The van der Waals surface area contributed by atoms with Crippen LogP contribution in [0, 0.1) is 0 Å². The molecule has 0 aromatic heterocycles. The summed E-state index contributed by atoms with van der Waals surface area (Å²) in [4.78, 5) is 12.2. The van der Waals surface area contributed by atoms with Crippen molar-refractivity contribution in [3.05, 3.63) is 30.3 Å². The van der Waals surface area contributed by atoms with Crippen LogP contribution in [0.3, 0.4) is 0 Å². The summed E-state index contributed by atoms with van der Waals surface area (Å²) in [7, 11) is 0. The smallest absolute Gasteiger partial charge is 0.194 e. The number of benzene rings is 1. The van der Waals surface area contributed by atoms with Gasteiger partial charge in [-0.15, -0.1) is 24.0 Å². The topological polar surface area (TPSA) is 34.1 Å². The van der Waals surface area contributed by atoms with Crippen LogP contribution in [0.15, 0.2) is 35.3 Å². The molecule has 0 unspecified atom stereocenters. The zero-order valence-electron chi connectivity index (χ0n) is 17.4. The first-order valence-corrected chi connectivity index (χ1v) is 10.3. The van der Waals surface area contributed by atoms with E-state index in [-0.39, 0.29) is 24.0 Å². The molecular formula is C21H38IN5. The van der Waals surface area contributed by atoms with E-state index in [0.29, 0.717) is 0 Å². The van der Waals surface area contributed by atoms with Gasteiger partial charge in [0.2, 0.25) is 0 Å². The normalized spacial score (nSPS) is 15.0. The molecule has 0 spiro atoms. The number of halogens is 1. The van der Waals surface area contributed by atoms with Gasteiger partial charge in [-0.2, -0.15) is 0 Å². The van der Waals surface area contributed by atoms with Crippen LogP contribution in [0.2, 0.25) is 0 Å². The molecule has 1 N–H and O–H groups in total. The van der Waals surface area contributed by atoms with Gasteiger partial charge < -0.3 is 20.0 Å². The van der Waals surface area contributed by atoms with E-state index in [1.807, 2.05) is 0 Å². The largest absolute Gasteiger partial charge is 0.368 e. The molecule has 5 nitrogen and oxygen atoms in total. The summed E-state index contributed by atoms with van der Waals surface area (Å²) in [6.07, 6.45) is 2.39. The van der Waals surface area contributed by atoms with E-state index in [1.165, 1.54) is 18.7 Å². The lowest BCUT2D eigenvalue weighted by molar-refractivity contribution is 0.297. The summed E-state index contributed by atoms with van der Waals surface area (Å²) >= 11 is 0. The van der Waals surface area contributed by atoms with Gasteiger partial charge in [-0.05, 0) is 51.5 Å². The summed E-state index contributed by atoms with van der Waals surface area (Å²) in [5.74, 6) is 1.09. The number of nitrogens with one attached hydrogen (secondary N) is 1. The van der Waals surface area contributed by atoms with Crippen LogP contribution in [0.25, 0.3) is 0 Å². The number of hydrogen-bond donors (Lipinski definition) is 1. The molecule has 0 bridgehead atoms. The fourth-order valence-electron chi connectivity index (χ4n) is 3.41. The van der Waals surface area contributed by atoms with Gasteiger partial charge in [-0.3, -0.25) is 4.99 Å². The number of para-hydroxylation sites is 1. The quantitative estimate of drug-likeness (QED) is 0.250. The Kier molecular flexibility index (Phi) is 12.5. The first kappa shape index (κ1) is 24.0. The second-order valence-corrected chi connectivity index (χ2v) is 6.78. The maximum absolute atomic E-state index is 4.88. The van der Waals surface area contributed by atoms with Crippen molar-refractivity contribution in [3.8, 4) is 0 Å². The van der Waals surface area contributed by atoms with Crippen LogP contribution in [0.4, 0.5) is 5.69 Å². The van der Waals surface area contributed by atoms with Gasteiger partial charge in [0.05, 0.1) is 0 Å². The van der Waals surface area contributed by atoms with Gasteiger partial charge in [-0.25, -0.2) is 0 Å². The molecule has 1 aliphatic rings. The number of rotatable bonds is 9. The Morgan fingerprint density at radius 1 is 1.00 bits per heavy atom. The van der Waals surface area contributed by atoms with Crippen LogP contribution in [-0.4, -0.2) is 74.7 Å². The molecule has 27 heavy (non-hydrogen) atoms. The molecule has 1 aliphatic heterocycles. The molecule has 0 saturated carbocycles. The molecule has 0 atom stereocenters. The highest BCUT2D eigenvalue weighted by molar-refractivity contribution is 14.0. The molecule has 1 fully saturated rings. The fraction of sp³-hybridized carbons (Fsp3) is 0.667. The Morgan fingerprint density at radius 2 is 1.67 bits per heavy atom. The molecule has 1 aromatic carbocycles. The zero-order valence-corrected chi connectivity index (χ0v) is 19.7. The molecule has 1 heterocycles. The highest BCUT2D eigenvalue weighted by Crippen LogP contribution is 2.15. The molecule has 2 rings (SSSR count). The first-order valence-electron chi connectivity index (χ1n) is 10.3. The number of guanidine groups is 1. The van der Waals surface area contributed by atoms with E-state index in [1.54, 1.807) is 0 Å². The Labute approximate surface area is 183 Å². The molecular weight excluding hydrogens is 449 g/mol. The Bertz CT molecular complexity index is 511. The lowest BCUT2D eigenvalue weighted by Crippen LogP contribution is -2.52. The highest BCUT2D eigenvalue weighted by Gasteiger charge is 2.19. The molecule has 0 radical (unpaired) electrons. The van der Waals surface area contributed by atoms with E-state index in [4.69, 9.17) is 4.99 Å². The number of aliphatic imine (C=N–C) groups is 1. The second-order valence-electron chi connectivity index (χ2n) is 6.78. The van der Waals surface area contributed by atoms with Crippen LogP contribution in [0.1, 0.15) is 33.6 Å². The summed E-state index contributed by atoms with van der Waals surface area (Å²) < 4.78 is 0. The average Bonchev–Trinajstić information content (AvgIpc) is 2.71. The van der Waals surface area contributed by atoms with Gasteiger partial charge in [0.15, 0.2) is 5.96 Å². The highest BCUT2D eigenvalue weighted by atomic mass is 127. The van der Waals surface area contributed by atoms with Crippen molar-refractivity contribution < 1.29 is 0 Å². The van der Waals surface area contributed by atoms with E-state index >= 15 is 0 Å². The van der Waals surface area contributed by atoms with E-state index in [2.05, 4.69) is 71.1 Å². The monoisotopic (exact) mass is 487 g/mol. The van der Waals surface area contributed by atoms with E-state index < -0.39 is 0 Å². The number of unbranched alkanes of at least 4 members (excludes halogenated alkanes) is 1. The lowest BCUT2D eigenvalue weighted by Gasteiger charge is -2.37. The molecule has 1 aromatic rings. The number of nitrogens with zero attached hydrogens (tertiary/aromatic N) is 4. The number of piperazine rings is 1. The van der Waals surface area contributed by atoms with Gasteiger partial charge >= 0.3 is 0 Å². The van der Waals surface area contributed by atoms with Crippen molar-refractivity contribution in [2.24, 2.45) is 4.99 Å². The summed E-state index contributed by atoms with van der Waals surface area (Å²) in [6.45, 7) is 16.1. The SMILES string of the molecule is CCNC(=NCCCCN(CC)CC)N1CCN(c2ccccc2)CC1.I. The molecule has 6 heteroatoms. The maximum atomic E-state index is 4.88.